The van der Waals surface area contributed by atoms with Crippen LogP contribution in [0.15, 0.2) is 23.3 Å². The van der Waals surface area contributed by atoms with Crippen LogP contribution >= 0.6 is 0 Å². The van der Waals surface area contributed by atoms with E-state index in [1.54, 1.807) is 11.1 Å². The van der Waals surface area contributed by atoms with Gasteiger partial charge in [0.25, 0.3) is 0 Å². The van der Waals surface area contributed by atoms with Gasteiger partial charge < -0.3 is 0 Å². The highest BCUT2D eigenvalue weighted by molar-refractivity contribution is 5.26. The molecule has 0 aromatic carbocycles. The summed E-state index contributed by atoms with van der Waals surface area (Å²) in [5.74, 6) is 1.72. The van der Waals surface area contributed by atoms with E-state index in [1.165, 1.54) is 38.5 Å². The second-order valence-electron chi connectivity index (χ2n) is 5.09. The molecular formula is C14H22. The molecule has 1 atom stereocenters. The first-order valence-corrected chi connectivity index (χ1v) is 6.14. The van der Waals surface area contributed by atoms with Crippen molar-refractivity contribution in [3.8, 4) is 0 Å². The summed E-state index contributed by atoms with van der Waals surface area (Å²) in [6, 6.07) is 0. The largest absolute Gasteiger partial charge is 0.0702 e. The third-order valence-corrected chi connectivity index (χ3v) is 4.01. The first-order valence-electron chi connectivity index (χ1n) is 6.14. The van der Waals surface area contributed by atoms with Gasteiger partial charge in [0.15, 0.2) is 0 Å². The Labute approximate surface area is 88.1 Å². The van der Waals surface area contributed by atoms with E-state index < -0.39 is 0 Å². The monoisotopic (exact) mass is 190 g/mol. The molecule has 0 nitrogen and oxygen atoms in total. The van der Waals surface area contributed by atoms with Crippen molar-refractivity contribution >= 4 is 0 Å². The van der Waals surface area contributed by atoms with E-state index in [4.69, 9.17) is 0 Å². The predicted octanol–water partition coefficient (Wildman–Crippen LogP) is 4.48. The van der Waals surface area contributed by atoms with E-state index in [0.717, 1.165) is 11.8 Å². The molecule has 2 aliphatic carbocycles. The topological polar surface area (TPSA) is 0 Å². The van der Waals surface area contributed by atoms with Gasteiger partial charge in [-0.1, -0.05) is 49.5 Å². The third-order valence-electron chi connectivity index (χ3n) is 4.01. The molecule has 14 heavy (non-hydrogen) atoms. The van der Waals surface area contributed by atoms with Gasteiger partial charge in [0.1, 0.15) is 0 Å². The van der Waals surface area contributed by atoms with Crippen molar-refractivity contribution in [2.24, 2.45) is 11.8 Å². The van der Waals surface area contributed by atoms with Crippen LogP contribution in [0.4, 0.5) is 0 Å². The zero-order valence-corrected chi connectivity index (χ0v) is 9.55. The van der Waals surface area contributed by atoms with Gasteiger partial charge in [-0.15, -0.1) is 0 Å². The summed E-state index contributed by atoms with van der Waals surface area (Å²) in [5, 5.41) is 0. The minimum Gasteiger partial charge on any atom is -0.0702 e. The summed E-state index contributed by atoms with van der Waals surface area (Å²) >= 11 is 0. The van der Waals surface area contributed by atoms with Crippen molar-refractivity contribution in [3.05, 3.63) is 23.3 Å². The molecule has 0 aliphatic heterocycles. The highest BCUT2D eigenvalue weighted by Gasteiger charge is 2.21. The Morgan fingerprint density at radius 2 is 1.79 bits per heavy atom. The van der Waals surface area contributed by atoms with Crippen molar-refractivity contribution in [1.29, 1.82) is 0 Å². The maximum absolute atomic E-state index is 2.41. The van der Waals surface area contributed by atoms with E-state index in [0.29, 0.717) is 0 Å². The SMILES string of the molecule is CC1=CC=C(C2CCCCC2)CC1C. The second kappa shape index (κ2) is 4.33. The van der Waals surface area contributed by atoms with Gasteiger partial charge in [-0.3, -0.25) is 0 Å². The summed E-state index contributed by atoms with van der Waals surface area (Å²) in [4.78, 5) is 0. The molecule has 1 saturated carbocycles. The minimum atomic E-state index is 0.789. The van der Waals surface area contributed by atoms with Crippen LogP contribution in [0.1, 0.15) is 52.4 Å². The fourth-order valence-electron chi connectivity index (χ4n) is 2.76. The highest BCUT2D eigenvalue weighted by atomic mass is 14.3. The molecule has 0 amide bonds. The zero-order chi connectivity index (χ0) is 9.97. The predicted molar refractivity (Wildman–Crippen MR) is 62.2 cm³/mol. The van der Waals surface area contributed by atoms with Crippen molar-refractivity contribution < 1.29 is 0 Å². The molecule has 0 aromatic rings. The van der Waals surface area contributed by atoms with Crippen LogP contribution in [0.3, 0.4) is 0 Å². The fraction of sp³-hybridized carbons (Fsp3) is 0.714. The molecular weight excluding hydrogens is 168 g/mol. The minimum absolute atomic E-state index is 0.789. The molecule has 0 saturated heterocycles. The lowest BCUT2D eigenvalue weighted by Crippen LogP contribution is -2.14. The van der Waals surface area contributed by atoms with Crippen molar-refractivity contribution in [1.82, 2.24) is 0 Å². The first-order chi connectivity index (χ1) is 6.77. The molecule has 1 unspecified atom stereocenters. The summed E-state index contributed by atoms with van der Waals surface area (Å²) in [7, 11) is 0. The molecule has 0 spiro atoms. The first kappa shape index (κ1) is 10.0. The van der Waals surface area contributed by atoms with Gasteiger partial charge in [-0.05, 0) is 38.0 Å². The van der Waals surface area contributed by atoms with Crippen LogP contribution in [0.2, 0.25) is 0 Å². The van der Waals surface area contributed by atoms with Gasteiger partial charge in [-0.25, -0.2) is 0 Å². The summed E-state index contributed by atoms with van der Waals surface area (Å²) in [6.07, 6.45) is 13.4. The third kappa shape index (κ3) is 2.10. The maximum atomic E-state index is 2.41. The normalized spacial score (nSPS) is 29.7. The molecule has 0 N–H and O–H groups in total. The molecule has 0 bridgehead atoms. The molecule has 78 valence electrons. The molecule has 0 heterocycles. The molecule has 0 aromatic heterocycles. The van der Waals surface area contributed by atoms with E-state index in [2.05, 4.69) is 26.0 Å². The van der Waals surface area contributed by atoms with Crippen molar-refractivity contribution in [3.63, 3.8) is 0 Å². The Morgan fingerprint density at radius 3 is 2.43 bits per heavy atom. The van der Waals surface area contributed by atoms with E-state index in [9.17, 15) is 0 Å². The lowest BCUT2D eigenvalue weighted by molar-refractivity contribution is 0.386. The van der Waals surface area contributed by atoms with Crippen LogP contribution in [0.25, 0.3) is 0 Å². The molecule has 2 rings (SSSR count). The smallest absolute Gasteiger partial charge is 0.0194 e. The Morgan fingerprint density at radius 1 is 1.07 bits per heavy atom. The van der Waals surface area contributed by atoms with Gasteiger partial charge in [-0.2, -0.15) is 0 Å². The molecule has 0 radical (unpaired) electrons. The fourth-order valence-corrected chi connectivity index (χ4v) is 2.76. The summed E-state index contributed by atoms with van der Waals surface area (Å²) in [6.45, 7) is 4.63. The average Bonchev–Trinajstić information content (AvgIpc) is 2.23. The zero-order valence-electron chi connectivity index (χ0n) is 9.55. The maximum Gasteiger partial charge on any atom is -0.0194 e. The number of hydrogen-bond donors (Lipinski definition) is 0. The lowest BCUT2D eigenvalue weighted by atomic mass is 9.77. The highest BCUT2D eigenvalue weighted by Crippen LogP contribution is 2.36. The second-order valence-corrected chi connectivity index (χ2v) is 5.09. The van der Waals surface area contributed by atoms with Crippen LogP contribution < -0.4 is 0 Å². The number of allylic oxidation sites excluding steroid dienone is 4. The Balaban J connectivity index is 2.04. The number of rotatable bonds is 1. The van der Waals surface area contributed by atoms with E-state index in [-0.39, 0.29) is 0 Å². The summed E-state index contributed by atoms with van der Waals surface area (Å²) < 4.78 is 0. The average molecular weight is 190 g/mol. The van der Waals surface area contributed by atoms with Crippen LogP contribution in [0.5, 0.6) is 0 Å². The summed E-state index contributed by atoms with van der Waals surface area (Å²) in [5.41, 5.74) is 3.30. The van der Waals surface area contributed by atoms with Gasteiger partial charge in [0.05, 0.1) is 0 Å². The van der Waals surface area contributed by atoms with Crippen molar-refractivity contribution in [2.45, 2.75) is 52.4 Å². The van der Waals surface area contributed by atoms with Crippen LogP contribution in [-0.2, 0) is 0 Å². The Kier molecular flexibility index (Phi) is 3.10. The molecule has 2 aliphatic rings. The Hall–Kier alpha value is -0.520. The van der Waals surface area contributed by atoms with Crippen LogP contribution in [-0.4, -0.2) is 0 Å². The molecule has 1 fully saturated rings. The van der Waals surface area contributed by atoms with Gasteiger partial charge in [0.2, 0.25) is 0 Å². The van der Waals surface area contributed by atoms with Gasteiger partial charge in [0, 0.05) is 0 Å². The van der Waals surface area contributed by atoms with E-state index >= 15 is 0 Å². The van der Waals surface area contributed by atoms with Gasteiger partial charge >= 0.3 is 0 Å². The van der Waals surface area contributed by atoms with Crippen molar-refractivity contribution in [2.75, 3.05) is 0 Å². The Bertz CT molecular complexity index is 251. The molecule has 0 heteroatoms. The van der Waals surface area contributed by atoms with Crippen LogP contribution in [0, 0.1) is 11.8 Å². The van der Waals surface area contributed by atoms with E-state index in [1.807, 2.05) is 0 Å². The quantitative estimate of drug-likeness (QED) is 0.572. The standard InChI is InChI=1S/C14H22/c1-11-8-9-14(10-12(11)2)13-6-4-3-5-7-13/h8-9,12-13H,3-7,10H2,1-2H3. The number of hydrogen-bond acceptors (Lipinski definition) is 0. The lowest BCUT2D eigenvalue weighted by Gasteiger charge is -2.28.